The highest BCUT2D eigenvalue weighted by molar-refractivity contribution is 5.65. The summed E-state index contributed by atoms with van der Waals surface area (Å²) in [5.41, 5.74) is 5.87. The van der Waals surface area contributed by atoms with Gasteiger partial charge in [0.05, 0.1) is 0 Å². The van der Waals surface area contributed by atoms with E-state index >= 15 is 0 Å². The molecule has 1 unspecified atom stereocenters. The van der Waals surface area contributed by atoms with Crippen LogP contribution in [0.15, 0.2) is 47.0 Å². The summed E-state index contributed by atoms with van der Waals surface area (Å²) >= 11 is 0. The first-order valence-corrected chi connectivity index (χ1v) is 10.7. The van der Waals surface area contributed by atoms with Gasteiger partial charge in [0.1, 0.15) is 0 Å². The van der Waals surface area contributed by atoms with Gasteiger partial charge < -0.3 is 14.5 Å². The van der Waals surface area contributed by atoms with E-state index < -0.39 is 6.09 Å². The highest BCUT2D eigenvalue weighted by Crippen LogP contribution is 2.39. The molecule has 0 spiro atoms. The Bertz CT molecular complexity index is 1080. The molecule has 2 aromatic carbocycles. The quantitative estimate of drug-likeness (QED) is 0.623. The van der Waals surface area contributed by atoms with Crippen LogP contribution < -0.4 is 0 Å². The van der Waals surface area contributed by atoms with E-state index in [1.807, 2.05) is 12.1 Å². The number of carboxylic acid groups (broad SMARTS) is 1. The lowest BCUT2D eigenvalue weighted by Crippen LogP contribution is -2.36. The Morgan fingerprint density at radius 1 is 1.16 bits per heavy atom. The van der Waals surface area contributed by atoms with E-state index in [-0.39, 0.29) is 11.3 Å². The van der Waals surface area contributed by atoms with Gasteiger partial charge in [-0.05, 0) is 59.6 Å². The SMILES string of the molecule is Cc1noc(-c2ccc(Cc3ccc4c(c3)CCN(C(=O)O)CC4C(C)(C)C)cc2)n1. The van der Waals surface area contributed by atoms with Crippen molar-refractivity contribution >= 4 is 6.09 Å². The van der Waals surface area contributed by atoms with Gasteiger partial charge in [0.25, 0.3) is 5.89 Å². The zero-order valence-corrected chi connectivity index (χ0v) is 18.6. The van der Waals surface area contributed by atoms with Crippen molar-refractivity contribution in [2.45, 2.75) is 46.5 Å². The second-order valence-corrected chi connectivity index (χ2v) is 9.45. The molecule has 1 aliphatic heterocycles. The number of carbonyl (C=O) groups is 1. The second-order valence-electron chi connectivity index (χ2n) is 9.45. The highest BCUT2D eigenvalue weighted by atomic mass is 16.5. The molecule has 1 aromatic heterocycles. The van der Waals surface area contributed by atoms with Crippen LogP contribution in [0.1, 0.15) is 54.8 Å². The summed E-state index contributed by atoms with van der Waals surface area (Å²) in [6, 6.07) is 14.8. The number of benzene rings is 2. The Morgan fingerprint density at radius 2 is 1.87 bits per heavy atom. The van der Waals surface area contributed by atoms with Crippen LogP contribution in [0.2, 0.25) is 0 Å². The Labute approximate surface area is 182 Å². The minimum absolute atomic E-state index is 0.0166. The molecule has 0 radical (unpaired) electrons. The fourth-order valence-corrected chi connectivity index (χ4v) is 4.32. The third-order valence-electron chi connectivity index (χ3n) is 6.09. The van der Waals surface area contributed by atoms with E-state index in [9.17, 15) is 9.90 Å². The van der Waals surface area contributed by atoms with Crippen molar-refractivity contribution in [2.75, 3.05) is 13.1 Å². The summed E-state index contributed by atoms with van der Waals surface area (Å²) in [4.78, 5) is 17.5. The Kier molecular flexibility index (Phi) is 5.56. The average Bonchev–Trinajstić information content (AvgIpc) is 3.04. The summed E-state index contributed by atoms with van der Waals surface area (Å²) < 4.78 is 5.24. The Morgan fingerprint density at radius 3 is 2.48 bits per heavy atom. The predicted molar refractivity (Wildman–Crippen MR) is 119 cm³/mol. The molecule has 2 heterocycles. The molecule has 0 saturated carbocycles. The van der Waals surface area contributed by atoms with Crippen LogP contribution in [0.25, 0.3) is 11.5 Å². The molecule has 31 heavy (non-hydrogen) atoms. The smallest absolute Gasteiger partial charge is 0.407 e. The van der Waals surface area contributed by atoms with Gasteiger partial charge in [-0.25, -0.2) is 4.79 Å². The van der Waals surface area contributed by atoms with Gasteiger partial charge in [-0.15, -0.1) is 0 Å². The number of nitrogens with zero attached hydrogens (tertiary/aromatic N) is 3. The van der Waals surface area contributed by atoms with Gasteiger partial charge in [0, 0.05) is 24.6 Å². The minimum atomic E-state index is -0.834. The lowest BCUT2D eigenvalue weighted by atomic mass is 9.74. The largest absolute Gasteiger partial charge is 0.465 e. The maximum Gasteiger partial charge on any atom is 0.407 e. The van der Waals surface area contributed by atoms with Crippen molar-refractivity contribution in [3.63, 3.8) is 0 Å². The van der Waals surface area contributed by atoms with Gasteiger partial charge in [0.2, 0.25) is 0 Å². The van der Waals surface area contributed by atoms with E-state index in [4.69, 9.17) is 4.52 Å². The van der Waals surface area contributed by atoms with Gasteiger partial charge in [-0.2, -0.15) is 4.98 Å². The summed E-state index contributed by atoms with van der Waals surface area (Å²) in [6.07, 6.45) is 0.732. The number of fused-ring (bicyclic) bond motifs is 1. The van der Waals surface area contributed by atoms with Gasteiger partial charge in [-0.1, -0.05) is 56.3 Å². The minimum Gasteiger partial charge on any atom is -0.465 e. The average molecular weight is 420 g/mol. The topological polar surface area (TPSA) is 79.5 Å². The van der Waals surface area contributed by atoms with Crippen LogP contribution in [-0.4, -0.2) is 39.3 Å². The number of amides is 1. The number of aryl methyl sites for hydroxylation is 1. The fourth-order valence-electron chi connectivity index (χ4n) is 4.32. The second kappa shape index (κ2) is 8.17. The van der Waals surface area contributed by atoms with Crippen molar-refractivity contribution in [1.82, 2.24) is 15.0 Å². The normalized spacial score (nSPS) is 16.6. The van der Waals surface area contributed by atoms with Crippen molar-refractivity contribution in [3.05, 3.63) is 70.5 Å². The molecule has 0 bridgehead atoms. The maximum atomic E-state index is 11.7. The monoisotopic (exact) mass is 419 g/mol. The molecular weight excluding hydrogens is 390 g/mol. The van der Waals surface area contributed by atoms with E-state index in [0.717, 1.165) is 18.4 Å². The van der Waals surface area contributed by atoms with E-state index in [0.29, 0.717) is 24.8 Å². The maximum absolute atomic E-state index is 11.7. The van der Waals surface area contributed by atoms with Crippen LogP contribution in [0.5, 0.6) is 0 Å². The lowest BCUT2D eigenvalue weighted by Gasteiger charge is -2.33. The summed E-state index contributed by atoms with van der Waals surface area (Å²) in [6.45, 7) is 9.45. The molecule has 1 atom stereocenters. The Hall–Kier alpha value is -3.15. The van der Waals surface area contributed by atoms with E-state index in [2.05, 4.69) is 61.2 Å². The summed E-state index contributed by atoms with van der Waals surface area (Å²) in [5.74, 6) is 1.33. The molecule has 1 N–H and O–H groups in total. The number of aromatic nitrogens is 2. The first-order valence-electron chi connectivity index (χ1n) is 10.7. The van der Waals surface area contributed by atoms with Gasteiger partial charge in [-0.3, -0.25) is 0 Å². The molecule has 3 aromatic rings. The van der Waals surface area contributed by atoms with Crippen molar-refractivity contribution < 1.29 is 14.4 Å². The molecule has 6 nitrogen and oxygen atoms in total. The Balaban J connectivity index is 1.57. The fraction of sp³-hybridized carbons (Fsp3) is 0.400. The highest BCUT2D eigenvalue weighted by Gasteiger charge is 2.33. The van der Waals surface area contributed by atoms with Crippen molar-refractivity contribution in [2.24, 2.45) is 5.41 Å². The zero-order chi connectivity index (χ0) is 22.2. The molecule has 0 fully saturated rings. The van der Waals surface area contributed by atoms with Crippen molar-refractivity contribution in [1.29, 1.82) is 0 Å². The summed E-state index contributed by atoms with van der Waals surface area (Å²) in [7, 11) is 0. The molecule has 0 saturated heterocycles. The molecular formula is C25H29N3O3. The van der Waals surface area contributed by atoms with Crippen LogP contribution in [-0.2, 0) is 12.8 Å². The van der Waals surface area contributed by atoms with Gasteiger partial charge >= 0.3 is 6.09 Å². The first-order chi connectivity index (χ1) is 14.7. The molecule has 162 valence electrons. The molecule has 4 rings (SSSR count). The number of rotatable bonds is 3. The predicted octanol–water partition coefficient (Wildman–Crippen LogP) is 5.30. The molecule has 1 aliphatic rings. The molecule has 1 amide bonds. The third kappa shape index (κ3) is 4.63. The van der Waals surface area contributed by atoms with Crippen LogP contribution >= 0.6 is 0 Å². The van der Waals surface area contributed by atoms with Crippen LogP contribution in [0, 0.1) is 12.3 Å². The van der Waals surface area contributed by atoms with Crippen LogP contribution in [0.3, 0.4) is 0 Å². The molecule has 6 heteroatoms. The zero-order valence-electron chi connectivity index (χ0n) is 18.6. The van der Waals surface area contributed by atoms with Crippen LogP contribution in [0.4, 0.5) is 4.79 Å². The summed E-state index contributed by atoms with van der Waals surface area (Å²) in [5, 5.41) is 13.4. The number of hydrogen-bond acceptors (Lipinski definition) is 4. The first kappa shape index (κ1) is 21.1. The standard InChI is InChI=1S/C25H29N3O3/c1-16-26-23(31-27-16)19-8-5-17(6-9-19)13-18-7-10-21-20(14-18)11-12-28(24(29)30)15-22(21)25(2,3)4/h5-10,14,22H,11-13,15H2,1-4H3,(H,29,30). The lowest BCUT2D eigenvalue weighted by molar-refractivity contribution is 0.135. The van der Waals surface area contributed by atoms with Gasteiger partial charge in [0.15, 0.2) is 5.82 Å². The number of hydrogen-bond donors (Lipinski definition) is 1. The van der Waals surface area contributed by atoms with E-state index in [1.54, 1.807) is 11.8 Å². The van der Waals surface area contributed by atoms with E-state index in [1.165, 1.54) is 22.3 Å². The third-order valence-corrected chi connectivity index (χ3v) is 6.09. The van der Waals surface area contributed by atoms with Crippen molar-refractivity contribution in [3.8, 4) is 11.5 Å². The molecule has 0 aliphatic carbocycles.